The molecule has 2 heterocycles. The summed E-state index contributed by atoms with van der Waals surface area (Å²) in [5, 5.41) is 0. The average Bonchev–Trinajstić information content (AvgIpc) is 3.20. The predicted molar refractivity (Wildman–Crippen MR) is 148 cm³/mol. The Morgan fingerprint density at radius 3 is 0.463 bits per heavy atom. The largest absolute Gasteiger partial charge is 0.472 e. The van der Waals surface area contributed by atoms with Gasteiger partial charge in [0.1, 0.15) is 0 Å². The van der Waals surface area contributed by atoms with Gasteiger partial charge in [-0.1, -0.05) is 0 Å². The molecule has 2 rings (SSSR count). The van der Waals surface area contributed by atoms with Crippen molar-refractivity contribution in [3.63, 3.8) is 0 Å². The molecule has 0 saturated heterocycles. The molecule has 0 N–H and O–H groups in total. The first-order valence-corrected chi connectivity index (χ1v) is 17.1. The third-order valence-electron chi connectivity index (χ3n) is 8.50. The maximum Gasteiger partial charge on any atom is 0.472 e. The first kappa shape index (κ1) is 70.4. The predicted octanol–water partition coefficient (Wildman–Crippen LogP) is 14.6. The van der Waals surface area contributed by atoms with Crippen molar-refractivity contribution in [3.8, 4) is 23.5 Å². The molecular weight excluding hydrogens is 1290 g/mol. The number of rotatable bonds is 21. The molecule has 0 aromatic carbocycles. The van der Waals surface area contributed by atoms with Crippen LogP contribution in [0.2, 0.25) is 0 Å². The number of halogens is 44. The molecule has 466 valence electrons. The van der Waals surface area contributed by atoms with Crippen LogP contribution in [0.5, 0.6) is 23.5 Å². The van der Waals surface area contributed by atoms with Crippen molar-refractivity contribution in [3.05, 3.63) is 23.8 Å². The quantitative estimate of drug-likeness (QED) is 0.114. The summed E-state index contributed by atoms with van der Waals surface area (Å²) in [6.07, 6.45) is -65.0. The molecule has 0 aliphatic heterocycles. The normalized spacial score (nSPS) is 16.0. The van der Waals surface area contributed by atoms with E-state index in [2.05, 4.69) is 18.9 Å². The van der Waals surface area contributed by atoms with E-state index in [1.807, 2.05) is 0 Å². The van der Waals surface area contributed by atoms with Crippen molar-refractivity contribution in [2.45, 2.75) is 120 Å². The van der Waals surface area contributed by atoms with Gasteiger partial charge in [0.15, 0.2) is 0 Å². The molecule has 2 aromatic heterocycles. The van der Waals surface area contributed by atoms with E-state index in [-0.39, 0.29) is 0 Å². The van der Waals surface area contributed by atoms with Crippen LogP contribution in [0.15, 0.2) is 12.1 Å². The van der Waals surface area contributed by atoms with Gasteiger partial charge in [-0.2, -0.15) is 213 Å². The lowest BCUT2D eigenvalue weighted by atomic mass is 9.97. The lowest BCUT2D eigenvalue weighted by Gasteiger charge is -2.36. The Morgan fingerprint density at radius 2 is 0.338 bits per heavy atom. The molecule has 0 saturated carbocycles. The molecule has 0 radical (unpaired) electrons. The second-order valence-corrected chi connectivity index (χ2v) is 14.1. The number of hydrogen-bond donors (Lipinski definition) is 0. The minimum absolute atomic E-state index is 1.01. The van der Waals surface area contributed by atoms with Crippen LogP contribution in [0.1, 0.15) is 11.6 Å². The van der Waals surface area contributed by atoms with E-state index in [1.54, 1.807) is 0 Å². The van der Waals surface area contributed by atoms with Crippen molar-refractivity contribution in [2.75, 3.05) is 0 Å². The summed E-state index contributed by atoms with van der Waals surface area (Å²) in [5.41, 5.74) is 0. The molecule has 80 heavy (non-hydrogen) atoms. The summed E-state index contributed by atoms with van der Waals surface area (Å²) >= 11 is 0. The van der Waals surface area contributed by atoms with Gasteiger partial charge in [0.25, 0.3) is 0 Å². The maximum atomic E-state index is 15.4. The number of ether oxygens (including phenoxy) is 4. The Hall–Kier alpha value is -5.72. The van der Waals surface area contributed by atoms with E-state index in [0.717, 1.165) is 19.9 Å². The van der Waals surface area contributed by atoms with E-state index in [4.69, 9.17) is 0 Å². The average molecular weight is 1290 g/mol. The van der Waals surface area contributed by atoms with Gasteiger partial charge in [-0.05, 0) is 0 Å². The van der Waals surface area contributed by atoms with Crippen LogP contribution < -0.4 is 18.9 Å². The van der Waals surface area contributed by atoms with E-state index < -0.39 is 168 Å². The highest BCUT2D eigenvalue weighted by atomic mass is 19.5. The highest BCUT2D eigenvalue weighted by Gasteiger charge is 2.88. The fourth-order valence-electron chi connectivity index (χ4n) is 4.20. The molecule has 8 nitrogen and oxygen atoms in total. The highest BCUT2D eigenvalue weighted by Crippen LogP contribution is 2.62. The first-order chi connectivity index (χ1) is 34.3. The third kappa shape index (κ3) is 10.7. The summed E-state index contributed by atoms with van der Waals surface area (Å²) in [5.74, 6) is -130. The van der Waals surface area contributed by atoms with Crippen LogP contribution in [0.25, 0.3) is 0 Å². The molecule has 2 aromatic rings. The third-order valence-corrected chi connectivity index (χ3v) is 8.50. The van der Waals surface area contributed by atoms with Gasteiger partial charge in [-0.3, -0.25) is 0 Å². The Bertz CT molecular complexity index is 2240. The van der Waals surface area contributed by atoms with Gasteiger partial charge in [0.2, 0.25) is 35.2 Å². The van der Waals surface area contributed by atoms with Crippen LogP contribution in [0, 0.1) is 0 Å². The van der Waals surface area contributed by atoms with Crippen LogP contribution in [0.4, 0.5) is 193 Å². The Balaban J connectivity index is 3.22. The summed E-state index contributed by atoms with van der Waals surface area (Å²) < 4.78 is 612. The van der Waals surface area contributed by atoms with Crippen molar-refractivity contribution < 1.29 is 212 Å². The van der Waals surface area contributed by atoms with E-state index in [0.29, 0.717) is 0 Å². The zero-order valence-corrected chi connectivity index (χ0v) is 34.2. The Kier molecular flexibility index (Phi) is 16.6. The smallest absolute Gasteiger partial charge is 0.410 e. The second-order valence-electron chi connectivity index (χ2n) is 14.1. The molecule has 0 unspecified atom stereocenters. The number of aromatic nitrogens is 4. The van der Waals surface area contributed by atoms with Crippen molar-refractivity contribution in [1.29, 1.82) is 0 Å². The Morgan fingerprint density at radius 1 is 0.200 bits per heavy atom. The monoisotopic (exact) mass is 1290 g/mol. The topological polar surface area (TPSA) is 88.5 Å². The molecule has 0 amide bonds. The molecule has 0 spiro atoms. The Labute approximate surface area is 400 Å². The summed E-state index contributed by atoms with van der Waals surface area (Å²) in [6.45, 7) is 0. The summed E-state index contributed by atoms with van der Waals surface area (Å²) in [4.78, 5) is 4.03. The number of hydrogen-bond acceptors (Lipinski definition) is 8. The molecular formula is C28H2F44N4O4. The number of alkyl halides is 44. The molecule has 0 aliphatic carbocycles. The summed E-state index contributed by atoms with van der Waals surface area (Å²) in [7, 11) is 0. The van der Waals surface area contributed by atoms with Gasteiger partial charge in [-0.25, -0.2) is 0 Å². The fraction of sp³-hybridized carbons (Fsp3) is 0.714. The highest BCUT2D eigenvalue weighted by molar-refractivity contribution is 5.29. The van der Waals surface area contributed by atoms with E-state index in [9.17, 15) is 158 Å². The lowest BCUT2D eigenvalue weighted by molar-refractivity contribution is -0.430. The van der Waals surface area contributed by atoms with E-state index >= 15 is 35.1 Å². The van der Waals surface area contributed by atoms with Crippen LogP contribution in [-0.4, -0.2) is 128 Å². The van der Waals surface area contributed by atoms with Gasteiger partial charge in [0.05, 0.1) is 12.1 Å². The minimum Gasteiger partial charge on any atom is -0.410 e. The maximum absolute atomic E-state index is 15.4. The van der Waals surface area contributed by atoms with Gasteiger partial charge in [0, 0.05) is 0 Å². The molecule has 0 fully saturated rings. The molecule has 0 aliphatic rings. The zero-order valence-electron chi connectivity index (χ0n) is 34.2. The number of nitrogens with zero attached hydrogens (tertiary/aromatic N) is 4. The van der Waals surface area contributed by atoms with Crippen molar-refractivity contribution >= 4 is 0 Å². The fourth-order valence-corrected chi connectivity index (χ4v) is 4.20. The van der Waals surface area contributed by atoms with Crippen LogP contribution in [0.3, 0.4) is 0 Å². The zero-order chi connectivity index (χ0) is 64.5. The summed E-state index contributed by atoms with van der Waals surface area (Å²) in [6, 6.07) is -4.21. The van der Waals surface area contributed by atoms with Crippen molar-refractivity contribution in [1.82, 2.24) is 19.9 Å². The molecule has 52 heteroatoms. The van der Waals surface area contributed by atoms with Gasteiger partial charge >= 0.3 is 120 Å². The van der Waals surface area contributed by atoms with E-state index in [1.165, 1.54) is 0 Å². The SMILES string of the molecule is FC(F)(F)C(F)(F)C(F)(F)C(F)(F)Oc1cc(OC(F)(F)C(F)(F)C(F)(F)C(F)(F)F)nc(C(F)(F)C(F)(F)C(F)(F)C(F)(F)c2nc(OC(F)(F)C(F)(F)C(F)(F)C(F)(F)F)cc(OC(F)(F)C(F)(F)C(F)(F)C(F)(F)F)n2)n1. The van der Waals surface area contributed by atoms with Gasteiger partial charge in [-0.15, -0.1) is 0 Å². The van der Waals surface area contributed by atoms with Crippen molar-refractivity contribution in [2.24, 2.45) is 0 Å². The van der Waals surface area contributed by atoms with Gasteiger partial charge < -0.3 is 18.9 Å². The molecule has 0 atom stereocenters. The first-order valence-electron chi connectivity index (χ1n) is 17.1. The van der Waals surface area contributed by atoms with Crippen LogP contribution >= 0.6 is 0 Å². The van der Waals surface area contributed by atoms with Crippen LogP contribution in [-0.2, 0) is 11.8 Å². The second kappa shape index (κ2) is 18.9. The lowest BCUT2D eigenvalue weighted by Crippen LogP contribution is -2.63. The standard InChI is InChI=1S/C28H2F44N4O4/c29-9(30,7-73-3(77-25(65,66)17(45,46)13(37,38)21(53,54)55)1-4(74-7)78-26(67,68)18(47,48)14(39,40)22(56,57)58)11(33,34)12(35,36)10(31,32)8-75-5(79-27(69,70)19(49,50)15(41,42)23(59,60)61)2-6(76-8)80-28(71,72)20(51,52)16(43,44)24(62,63)64/h1-2H. The minimum atomic E-state index is -9.18. The molecule has 0 bridgehead atoms.